The predicted octanol–water partition coefficient (Wildman–Crippen LogP) is 3.33. The monoisotopic (exact) mass is 255 g/mol. The van der Waals surface area contributed by atoms with Crippen LogP contribution in [0.5, 0.6) is 5.75 Å². The Morgan fingerprint density at radius 1 is 1.00 bits per heavy atom. The highest BCUT2D eigenvalue weighted by atomic mass is 16.3. The number of nitrogens with one attached hydrogen (secondary N) is 1. The maximum Gasteiger partial charge on any atom is 0.115 e. The molecule has 2 aromatic rings. The van der Waals surface area contributed by atoms with Gasteiger partial charge in [-0.15, -0.1) is 0 Å². The number of phenolic OH excluding ortho intramolecular Hbond substituents is 1. The summed E-state index contributed by atoms with van der Waals surface area (Å²) in [6, 6.07) is 18.0. The standard InChI is InChI=1S/C17H21NO/c1-14(16-5-3-2-4-6-16)13-18-12-11-15-7-9-17(19)10-8-15/h2-10,14,18-19H,11-13H2,1H3. The Bertz CT molecular complexity index is 478. The van der Waals surface area contributed by atoms with E-state index in [1.165, 1.54) is 11.1 Å². The number of aromatic hydroxyl groups is 1. The number of phenols is 1. The Kier molecular flexibility index (Phi) is 4.99. The van der Waals surface area contributed by atoms with Crippen LogP contribution in [0.1, 0.15) is 24.0 Å². The molecule has 0 aliphatic carbocycles. The average molecular weight is 255 g/mol. The third kappa shape index (κ3) is 4.42. The molecule has 0 bridgehead atoms. The van der Waals surface area contributed by atoms with Crippen LogP contribution in [0.25, 0.3) is 0 Å². The third-order valence-electron chi connectivity index (χ3n) is 3.35. The SMILES string of the molecule is CC(CNCCc1ccc(O)cc1)c1ccccc1. The fourth-order valence-electron chi connectivity index (χ4n) is 2.11. The smallest absolute Gasteiger partial charge is 0.115 e. The molecule has 0 heterocycles. The minimum Gasteiger partial charge on any atom is -0.508 e. The summed E-state index contributed by atoms with van der Waals surface area (Å²) in [4.78, 5) is 0. The molecule has 2 heteroatoms. The first-order valence-corrected chi connectivity index (χ1v) is 6.79. The summed E-state index contributed by atoms with van der Waals surface area (Å²) in [6.07, 6.45) is 0.988. The number of rotatable bonds is 6. The summed E-state index contributed by atoms with van der Waals surface area (Å²) >= 11 is 0. The Morgan fingerprint density at radius 2 is 1.68 bits per heavy atom. The van der Waals surface area contributed by atoms with Crippen molar-refractivity contribution in [1.29, 1.82) is 0 Å². The van der Waals surface area contributed by atoms with Crippen molar-refractivity contribution in [1.82, 2.24) is 5.32 Å². The van der Waals surface area contributed by atoms with Gasteiger partial charge in [-0.1, -0.05) is 49.4 Å². The van der Waals surface area contributed by atoms with E-state index in [9.17, 15) is 5.11 Å². The first-order valence-electron chi connectivity index (χ1n) is 6.79. The van der Waals surface area contributed by atoms with Crippen molar-refractivity contribution in [2.24, 2.45) is 0 Å². The minimum atomic E-state index is 0.328. The van der Waals surface area contributed by atoms with Crippen LogP contribution in [-0.2, 0) is 6.42 Å². The molecule has 0 aromatic heterocycles. The summed E-state index contributed by atoms with van der Waals surface area (Å²) in [5, 5.41) is 12.7. The largest absolute Gasteiger partial charge is 0.508 e. The number of hydrogen-bond acceptors (Lipinski definition) is 2. The molecule has 0 fully saturated rings. The average Bonchev–Trinajstić information content (AvgIpc) is 2.46. The molecule has 0 saturated heterocycles. The van der Waals surface area contributed by atoms with Gasteiger partial charge in [0, 0.05) is 6.54 Å². The van der Waals surface area contributed by atoms with Gasteiger partial charge in [-0.2, -0.15) is 0 Å². The third-order valence-corrected chi connectivity index (χ3v) is 3.35. The van der Waals surface area contributed by atoms with E-state index in [0.717, 1.165) is 19.5 Å². The summed E-state index contributed by atoms with van der Waals surface area (Å²) < 4.78 is 0. The minimum absolute atomic E-state index is 0.328. The van der Waals surface area contributed by atoms with Gasteiger partial charge in [0.1, 0.15) is 5.75 Å². The summed E-state index contributed by atoms with van der Waals surface area (Å²) in [5.41, 5.74) is 2.62. The van der Waals surface area contributed by atoms with Crippen LogP contribution >= 0.6 is 0 Å². The van der Waals surface area contributed by atoms with E-state index in [1.54, 1.807) is 12.1 Å². The lowest BCUT2D eigenvalue weighted by Gasteiger charge is -2.13. The van der Waals surface area contributed by atoms with Crippen molar-refractivity contribution in [2.75, 3.05) is 13.1 Å². The van der Waals surface area contributed by atoms with E-state index in [-0.39, 0.29) is 0 Å². The lowest BCUT2D eigenvalue weighted by atomic mass is 10.0. The number of benzene rings is 2. The Hall–Kier alpha value is -1.80. The molecule has 1 unspecified atom stereocenters. The molecule has 2 N–H and O–H groups in total. The van der Waals surface area contributed by atoms with Gasteiger partial charge in [0.05, 0.1) is 0 Å². The van der Waals surface area contributed by atoms with Crippen LogP contribution in [0, 0.1) is 0 Å². The van der Waals surface area contributed by atoms with Gasteiger partial charge in [-0.3, -0.25) is 0 Å². The fraction of sp³-hybridized carbons (Fsp3) is 0.294. The topological polar surface area (TPSA) is 32.3 Å². The second-order valence-corrected chi connectivity index (χ2v) is 4.93. The first-order chi connectivity index (χ1) is 9.25. The number of hydrogen-bond donors (Lipinski definition) is 2. The van der Waals surface area contributed by atoms with Crippen molar-refractivity contribution in [2.45, 2.75) is 19.3 Å². The Balaban J connectivity index is 1.71. The molecule has 2 aromatic carbocycles. The van der Waals surface area contributed by atoms with Crippen molar-refractivity contribution in [3.63, 3.8) is 0 Å². The molecule has 19 heavy (non-hydrogen) atoms. The second-order valence-electron chi connectivity index (χ2n) is 4.93. The van der Waals surface area contributed by atoms with E-state index in [4.69, 9.17) is 0 Å². The van der Waals surface area contributed by atoms with Gasteiger partial charge >= 0.3 is 0 Å². The first kappa shape index (κ1) is 13.6. The molecule has 2 nitrogen and oxygen atoms in total. The van der Waals surface area contributed by atoms with E-state index in [0.29, 0.717) is 11.7 Å². The molecular formula is C17H21NO. The van der Waals surface area contributed by atoms with Crippen LogP contribution in [0.4, 0.5) is 0 Å². The van der Waals surface area contributed by atoms with Crippen LogP contribution in [0.2, 0.25) is 0 Å². The van der Waals surface area contributed by atoms with Crippen molar-refractivity contribution in [3.8, 4) is 5.75 Å². The van der Waals surface area contributed by atoms with Crippen molar-refractivity contribution < 1.29 is 5.11 Å². The van der Waals surface area contributed by atoms with Gasteiger partial charge < -0.3 is 10.4 Å². The summed E-state index contributed by atoms with van der Waals surface area (Å²) in [7, 11) is 0. The van der Waals surface area contributed by atoms with Gasteiger partial charge in [-0.05, 0) is 42.1 Å². The van der Waals surface area contributed by atoms with Crippen LogP contribution in [0.15, 0.2) is 54.6 Å². The molecular weight excluding hydrogens is 234 g/mol. The normalized spacial score (nSPS) is 12.3. The highest BCUT2D eigenvalue weighted by Crippen LogP contribution is 2.13. The summed E-state index contributed by atoms with van der Waals surface area (Å²) in [6.45, 7) is 4.19. The molecule has 1 atom stereocenters. The second kappa shape index (κ2) is 6.95. The van der Waals surface area contributed by atoms with Crippen molar-refractivity contribution >= 4 is 0 Å². The zero-order chi connectivity index (χ0) is 13.5. The fourth-order valence-corrected chi connectivity index (χ4v) is 2.11. The van der Waals surface area contributed by atoms with Gasteiger partial charge in [0.2, 0.25) is 0 Å². The maximum absolute atomic E-state index is 9.21. The van der Waals surface area contributed by atoms with E-state index >= 15 is 0 Å². The van der Waals surface area contributed by atoms with E-state index < -0.39 is 0 Å². The van der Waals surface area contributed by atoms with Crippen LogP contribution in [-0.4, -0.2) is 18.2 Å². The molecule has 0 spiro atoms. The van der Waals surface area contributed by atoms with Gasteiger partial charge in [-0.25, -0.2) is 0 Å². The van der Waals surface area contributed by atoms with Gasteiger partial charge in [0.25, 0.3) is 0 Å². The highest BCUT2D eigenvalue weighted by Gasteiger charge is 2.03. The van der Waals surface area contributed by atoms with E-state index in [2.05, 4.69) is 42.6 Å². The lowest BCUT2D eigenvalue weighted by Crippen LogP contribution is -2.22. The highest BCUT2D eigenvalue weighted by molar-refractivity contribution is 5.26. The molecule has 0 radical (unpaired) electrons. The molecule has 0 saturated carbocycles. The zero-order valence-corrected chi connectivity index (χ0v) is 11.3. The Labute approximate surface area is 115 Å². The molecule has 100 valence electrons. The maximum atomic E-state index is 9.21. The van der Waals surface area contributed by atoms with E-state index in [1.807, 2.05) is 12.1 Å². The Morgan fingerprint density at radius 3 is 2.37 bits per heavy atom. The predicted molar refractivity (Wildman–Crippen MR) is 79.5 cm³/mol. The van der Waals surface area contributed by atoms with Crippen LogP contribution < -0.4 is 5.32 Å². The zero-order valence-electron chi connectivity index (χ0n) is 11.3. The lowest BCUT2D eigenvalue weighted by molar-refractivity contribution is 0.475. The van der Waals surface area contributed by atoms with Crippen molar-refractivity contribution in [3.05, 3.63) is 65.7 Å². The molecule has 0 amide bonds. The van der Waals surface area contributed by atoms with Crippen LogP contribution in [0.3, 0.4) is 0 Å². The molecule has 0 aliphatic rings. The molecule has 2 rings (SSSR count). The quantitative estimate of drug-likeness (QED) is 0.776. The molecule has 0 aliphatic heterocycles. The summed E-state index contributed by atoms with van der Waals surface area (Å²) in [5.74, 6) is 0.857. The van der Waals surface area contributed by atoms with Gasteiger partial charge in [0.15, 0.2) is 0 Å².